The average Bonchev–Trinajstić information content (AvgIpc) is 2.71. The molecule has 2 rings (SSSR count). The summed E-state index contributed by atoms with van der Waals surface area (Å²) in [7, 11) is 3.19. The Labute approximate surface area is 99.5 Å². The van der Waals surface area contributed by atoms with Crippen LogP contribution in [0.3, 0.4) is 0 Å². The van der Waals surface area contributed by atoms with Gasteiger partial charge in [-0.15, -0.1) is 0 Å². The van der Waals surface area contributed by atoms with Gasteiger partial charge in [-0.1, -0.05) is 0 Å². The fraction of sp³-hybridized carbons (Fsp3) is 0.308. The third-order valence-corrected chi connectivity index (χ3v) is 2.93. The maximum atomic E-state index is 10.8. The van der Waals surface area contributed by atoms with Gasteiger partial charge < -0.3 is 14.6 Å². The molecule has 1 aromatic rings. The molecule has 0 aliphatic heterocycles. The predicted molar refractivity (Wildman–Crippen MR) is 63.5 cm³/mol. The van der Waals surface area contributed by atoms with Crippen molar-refractivity contribution in [2.24, 2.45) is 0 Å². The highest BCUT2D eigenvalue weighted by atomic mass is 16.5. The maximum Gasteiger partial charge on any atom is 0.328 e. The molecule has 1 N–H and O–H groups in total. The average molecular weight is 234 g/mol. The molecule has 17 heavy (non-hydrogen) atoms. The number of rotatable bonds is 3. The maximum absolute atomic E-state index is 10.8. The van der Waals surface area contributed by atoms with Crippen molar-refractivity contribution in [3.63, 3.8) is 0 Å². The van der Waals surface area contributed by atoms with Crippen molar-refractivity contribution in [1.29, 1.82) is 0 Å². The van der Waals surface area contributed by atoms with Crippen molar-refractivity contribution >= 4 is 11.5 Å². The van der Waals surface area contributed by atoms with E-state index in [0.717, 1.165) is 28.9 Å². The molecule has 1 aliphatic carbocycles. The van der Waals surface area contributed by atoms with Crippen LogP contribution in [0.15, 0.2) is 18.2 Å². The smallest absolute Gasteiger partial charge is 0.328 e. The van der Waals surface area contributed by atoms with Crippen LogP contribution in [-0.4, -0.2) is 25.3 Å². The first-order valence-electron chi connectivity index (χ1n) is 5.35. The molecule has 0 radical (unpaired) electrons. The van der Waals surface area contributed by atoms with Gasteiger partial charge in [0.15, 0.2) is 0 Å². The summed E-state index contributed by atoms with van der Waals surface area (Å²) in [6, 6.07) is 3.65. The number of hydrogen-bond acceptors (Lipinski definition) is 3. The molecule has 1 aromatic carbocycles. The summed E-state index contributed by atoms with van der Waals surface area (Å²) < 4.78 is 10.6. The van der Waals surface area contributed by atoms with Crippen LogP contribution in [0.1, 0.15) is 17.5 Å². The predicted octanol–water partition coefficient (Wildman–Crippen LogP) is 2.12. The highest BCUT2D eigenvalue weighted by molar-refractivity contribution is 5.93. The van der Waals surface area contributed by atoms with E-state index in [1.54, 1.807) is 20.3 Å². The number of allylic oxidation sites excluding steroid dienone is 1. The first kappa shape index (κ1) is 11.5. The van der Waals surface area contributed by atoms with Gasteiger partial charge in [-0.3, -0.25) is 0 Å². The largest absolute Gasteiger partial charge is 0.496 e. The summed E-state index contributed by atoms with van der Waals surface area (Å²) >= 11 is 0. The number of carbonyl (C=O) groups is 1. The van der Waals surface area contributed by atoms with Crippen molar-refractivity contribution < 1.29 is 19.4 Å². The Balaban J connectivity index is 2.59. The summed E-state index contributed by atoms with van der Waals surface area (Å²) in [4.78, 5) is 10.8. The van der Waals surface area contributed by atoms with Gasteiger partial charge in [0.2, 0.25) is 0 Å². The first-order chi connectivity index (χ1) is 8.17. The molecule has 1 aliphatic rings. The molecule has 0 fully saturated rings. The van der Waals surface area contributed by atoms with E-state index in [0.29, 0.717) is 12.2 Å². The molecule has 0 spiro atoms. The number of methoxy groups -OCH3 is 2. The molecule has 4 heteroatoms. The van der Waals surface area contributed by atoms with Gasteiger partial charge in [0.05, 0.1) is 14.2 Å². The Hall–Kier alpha value is -1.97. The lowest BCUT2D eigenvalue weighted by Crippen LogP contribution is -1.96. The number of aliphatic carboxylic acids is 1. The zero-order valence-corrected chi connectivity index (χ0v) is 9.82. The standard InChI is InChI=1S/C13H14O4/c1-16-10-5-6-11(17-2)13-8(7-12(14)15)3-4-9(10)13/h5-7H,3-4H2,1-2H3,(H,14,15)/b8-7+. The van der Waals surface area contributed by atoms with Crippen molar-refractivity contribution in [3.8, 4) is 11.5 Å². The Morgan fingerprint density at radius 1 is 1.24 bits per heavy atom. The molecule has 0 atom stereocenters. The van der Waals surface area contributed by atoms with E-state index in [-0.39, 0.29) is 0 Å². The zero-order valence-electron chi connectivity index (χ0n) is 9.82. The second-order valence-electron chi connectivity index (χ2n) is 3.83. The number of fused-ring (bicyclic) bond motifs is 1. The third kappa shape index (κ3) is 1.98. The van der Waals surface area contributed by atoms with Crippen LogP contribution >= 0.6 is 0 Å². The van der Waals surface area contributed by atoms with Crippen LogP contribution < -0.4 is 9.47 Å². The molecule has 90 valence electrons. The minimum absolute atomic E-state index is 0.700. The monoisotopic (exact) mass is 234 g/mol. The van der Waals surface area contributed by atoms with Crippen LogP contribution in [0, 0.1) is 0 Å². The number of carboxylic acids is 1. The fourth-order valence-electron chi connectivity index (χ4n) is 2.25. The zero-order chi connectivity index (χ0) is 12.4. The van der Waals surface area contributed by atoms with Crippen molar-refractivity contribution in [3.05, 3.63) is 29.3 Å². The van der Waals surface area contributed by atoms with Gasteiger partial charge >= 0.3 is 5.97 Å². The lowest BCUT2D eigenvalue weighted by molar-refractivity contribution is -0.131. The van der Waals surface area contributed by atoms with Gasteiger partial charge in [0.1, 0.15) is 11.5 Å². The van der Waals surface area contributed by atoms with Crippen molar-refractivity contribution in [1.82, 2.24) is 0 Å². The SMILES string of the molecule is COc1ccc(OC)c2c1CC/C2=C\C(=O)O. The lowest BCUT2D eigenvalue weighted by atomic mass is 10.0. The van der Waals surface area contributed by atoms with E-state index in [4.69, 9.17) is 14.6 Å². The highest BCUT2D eigenvalue weighted by Gasteiger charge is 2.24. The van der Waals surface area contributed by atoms with E-state index in [1.807, 2.05) is 6.07 Å². The molecule has 0 unspecified atom stereocenters. The molecule has 0 saturated heterocycles. The summed E-state index contributed by atoms with van der Waals surface area (Å²) in [5.41, 5.74) is 2.69. The number of hydrogen-bond donors (Lipinski definition) is 1. The summed E-state index contributed by atoms with van der Waals surface area (Å²) in [5.74, 6) is 0.554. The number of benzene rings is 1. The topological polar surface area (TPSA) is 55.8 Å². The molecule has 4 nitrogen and oxygen atoms in total. The van der Waals surface area contributed by atoms with Gasteiger partial charge in [0.25, 0.3) is 0 Å². The molecular formula is C13H14O4. The minimum Gasteiger partial charge on any atom is -0.496 e. The molecule has 0 amide bonds. The highest BCUT2D eigenvalue weighted by Crippen LogP contribution is 2.43. The van der Waals surface area contributed by atoms with Gasteiger partial charge in [-0.25, -0.2) is 4.79 Å². The van der Waals surface area contributed by atoms with Crippen LogP contribution in [-0.2, 0) is 11.2 Å². The fourth-order valence-corrected chi connectivity index (χ4v) is 2.25. The van der Waals surface area contributed by atoms with Crippen LogP contribution in [0.25, 0.3) is 5.57 Å². The summed E-state index contributed by atoms with van der Waals surface area (Å²) in [5, 5.41) is 8.84. The molecule has 0 saturated carbocycles. The summed E-state index contributed by atoms with van der Waals surface area (Å²) in [6.45, 7) is 0. The second kappa shape index (κ2) is 4.49. The second-order valence-corrected chi connectivity index (χ2v) is 3.83. The number of carboxylic acid groups (broad SMARTS) is 1. The Kier molecular flexibility index (Phi) is 3.04. The lowest BCUT2D eigenvalue weighted by Gasteiger charge is -2.11. The molecule has 0 heterocycles. The van der Waals surface area contributed by atoms with E-state index in [1.165, 1.54) is 6.08 Å². The van der Waals surface area contributed by atoms with Gasteiger partial charge in [0, 0.05) is 17.2 Å². The van der Waals surface area contributed by atoms with Crippen molar-refractivity contribution in [2.45, 2.75) is 12.8 Å². The number of ether oxygens (including phenoxy) is 2. The van der Waals surface area contributed by atoms with Crippen LogP contribution in [0.4, 0.5) is 0 Å². The summed E-state index contributed by atoms with van der Waals surface area (Å²) in [6.07, 6.45) is 2.74. The van der Waals surface area contributed by atoms with Gasteiger partial charge in [-0.05, 0) is 30.5 Å². The Bertz CT molecular complexity index is 488. The first-order valence-corrected chi connectivity index (χ1v) is 5.35. The normalized spacial score (nSPS) is 15.8. The third-order valence-electron chi connectivity index (χ3n) is 2.93. The van der Waals surface area contributed by atoms with Crippen molar-refractivity contribution in [2.75, 3.05) is 14.2 Å². The van der Waals surface area contributed by atoms with E-state index in [9.17, 15) is 4.79 Å². The van der Waals surface area contributed by atoms with E-state index < -0.39 is 5.97 Å². The van der Waals surface area contributed by atoms with E-state index >= 15 is 0 Å². The van der Waals surface area contributed by atoms with Crippen LogP contribution in [0.5, 0.6) is 11.5 Å². The Morgan fingerprint density at radius 3 is 2.47 bits per heavy atom. The van der Waals surface area contributed by atoms with E-state index in [2.05, 4.69) is 0 Å². The minimum atomic E-state index is -0.933. The van der Waals surface area contributed by atoms with Gasteiger partial charge in [-0.2, -0.15) is 0 Å². The molecular weight excluding hydrogens is 220 g/mol. The Morgan fingerprint density at radius 2 is 1.88 bits per heavy atom. The molecule has 0 aromatic heterocycles. The quantitative estimate of drug-likeness (QED) is 0.814. The molecule has 0 bridgehead atoms. The van der Waals surface area contributed by atoms with Crippen LogP contribution in [0.2, 0.25) is 0 Å².